The van der Waals surface area contributed by atoms with E-state index in [0.717, 1.165) is 75.2 Å². The zero-order chi connectivity index (χ0) is 26.9. The summed E-state index contributed by atoms with van der Waals surface area (Å²) in [6, 6.07) is 19.1. The van der Waals surface area contributed by atoms with Crippen LogP contribution in [0.25, 0.3) is 11.5 Å². The van der Waals surface area contributed by atoms with Crippen molar-refractivity contribution >= 4 is 5.78 Å². The Morgan fingerprint density at radius 1 is 0.846 bits per heavy atom. The number of hydrogen-bond acceptors (Lipinski definition) is 5. The van der Waals surface area contributed by atoms with Crippen molar-refractivity contribution in [2.75, 3.05) is 32.7 Å². The molecular weight excluding hydrogens is 482 g/mol. The molecule has 0 aliphatic carbocycles. The number of oxazole rings is 1. The fourth-order valence-corrected chi connectivity index (χ4v) is 6.12. The van der Waals surface area contributed by atoms with Gasteiger partial charge in [-0.2, -0.15) is 0 Å². The monoisotopic (exact) mass is 527 g/mol. The lowest BCUT2D eigenvalue weighted by Gasteiger charge is -2.30. The highest BCUT2D eigenvalue weighted by Crippen LogP contribution is 2.26. The molecule has 0 amide bonds. The molecule has 2 aliphatic rings. The number of unbranched alkanes of at least 4 members (excludes halogenated alkanes) is 1. The number of Topliss-reactive ketones (excluding diaryl/α,β-unsaturated/α-hetero) is 1. The largest absolute Gasteiger partial charge is 0.441 e. The third-order valence-corrected chi connectivity index (χ3v) is 8.61. The average Bonchev–Trinajstić information content (AvgIpc) is 3.14. The predicted octanol–water partition coefficient (Wildman–Crippen LogP) is 7.07. The molecule has 208 valence electrons. The first-order valence-electron chi connectivity index (χ1n) is 15.2. The zero-order valence-electron chi connectivity index (χ0n) is 23.7. The lowest BCUT2D eigenvalue weighted by atomic mass is 9.90. The van der Waals surface area contributed by atoms with Crippen LogP contribution in [0.3, 0.4) is 0 Å². The summed E-state index contributed by atoms with van der Waals surface area (Å²) in [7, 11) is 0. The highest BCUT2D eigenvalue weighted by molar-refractivity contribution is 5.81. The number of ketones is 1. The maximum atomic E-state index is 12.9. The van der Waals surface area contributed by atoms with Crippen molar-refractivity contribution in [1.29, 1.82) is 0 Å². The quantitative estimate of drug-likeness (QED) is 0.250. The van der Waals surface area contributed by atoms with Gasteiger partial charge in [0, 0.05) is 24.4 Å². The summed E-state index contributed by atoms with van der Waals surface area (Å²) in [6.45, 7) is 8.39. The van der Waals surface area contributed by atoms with Crippen LogP contribution in [0.2, 0.25) is 0 Å². The summed E-state index contributed by atoms with van der Waals surface area (Å²) >= 11 is 0. The van der Waals surface area contributed by atoms with E-state index in [0.29, 0.717) is 11.7 Å². The van der Waals surface area contributed by atoms with E-state index >= 15 is 0 Å². The Morgan fingerprint density at radius 2 is 1.54 bits per heavy atom. The van der Waals surface area contributed by atoms with Gasteiger partial charge in [0.15, 0.2) is 0 Å². The molecule has 0 saturated carbocycles. The summed E-state index contributed by atoms with van der Waals surface area (Å²) in [5.41, 5.74) is 4.62. The second kappa shape index (κ2) is 14.0. The van der Waals surface area contributed by atoms with E-state index in [9.17, 15) is 4.79 Å². The van der Waals surface area contributed by atoms with Gasteiger partial charge in [0.1, 0.15) is 11.5 Å². The van der Waals surface area contributed by atoms with Crippen LogP contribution < -0.4 is 0 Å². The number of likely N-dealkylation sites (tertiary alicyclic amines) is 2. The van der Waals surface area contributed by atoms with Gasteiger partial charge in [-0.1, -0.05) is 55.3 Å². The van der Waals surface area contributed by atoms with Gasteiger partial charge in [-0.15, -0.1) is 0 Å². The molecule has 1 aromatic heterocycles. The highest BCUT2D eigenvalue weighted by Gasteiger charge is 2.26. The van der Waals surface area contributed by atoms with Crippen molar-refractivity contribution in [3.05, 3.63) is 77.2 Å². The Labute approximate surface area is 234 Å². The van der Waals surface area contributed by atoms with Gasteiger partial charge in [-0.05, 0) is 108 Å². The third kappa shape index (κ3) is 8.12. The molecule has 2 aromatic carbocycles. The van der Waals surface area contributed by atoms with Crippen LogP contribution in [0.5, 0.6) is 0 Å². The molecule has 0 radical (unpaired) electrons. The molecule has 39 heavy (non-hydrogen) atoms. The van der Waals surface area contributed by atoms with E-state index < -0.39 is 0 Å². The first-order valence-corrected chi connectivity index (χ1v) is 15.2. The molecule has 0 N–H and O–H groups in total. The zero-order valence-corrected chi connectivity index (χ0v) is 23.7. The fourth-order valence-electron chi connectivity index (χ4n) is 6.12. The van der Waals surface area contributed by atoms with E-state index in [1.807, 2.05) is 6.92 Å². The van der Waals surface area contributed by atoms with Crippen molar-refractivity contribution in [2.45, 2.75) is 77.7 Å². The molecule has 5 nitrogen and oxygen atoms in total. The molecule has 2 saturated heterocycles. The van der Waals surface area contributed by atoms with Gasteiger partial charge in [0.2, 0.25) is 5.89 Å². The minimum Gasteiger partial charge on any atom is -0.441 e. The Kier molecular flexibility index (Phi) is 10.0. The van der Waals surface area contributed by atoms with Crippen molar-refractivity contribution in [3.63, 3.8) is 0 Å². The van der Waals surface area contributed by atoms with E-state index in [-0.39, 0.29) is 5.92 Å². The fraction of sp³-hybridized carbons (Fsp3) is 0.529. The first-order chi connectivity index (χ1) is 19.1. The van der Waals surface area contributed by atoms with E-state index in [2.05, 4.69) is 64.4 Å². The number of piperidine rings is 1. The van der Waals surface area contributed by atoms with Crippen LogP contribution >= 0.6 is 0 Å². The van der Waals surface area contributed by atoms with Gasteiger partial charge in [-0.3, -0.25) is 9.69 Å². The molecule has 3 aromatic rings. The Bertz CT molecular complexity index is 1150. The standard InChI is InChI=1S/C34H45N3O2/c1-27-32(35-34(39-27)31-16-14-29(15-17-31)25-28-11-5-4-6-12-28)26-37-23-18-30(19-24-37)33(38)13-7-10-22-36-20-8-2-3-9-21-36/h4-6,11-12,14-17,30H,2-3,7-10,13,18-26H2,1H3. The number of carbonyl (C=O) groups excluding carboxylic acids is 1. The lowest BCUT2D eigenvalue weighted by Crippen LogP contribution is -2.36. The van der Waals surface area contributed by atoms with Gasteiger partial charge in [0.25, 0.3) is 0 Å². The van der Waals surface area contributed by atoms with Crippen molar-refractivity contribution in [2.24, 2.45) is 5.92 Å². The Morgan fingerprint density at radius 3 is 2.26 bits per heavy atom. The number of aryl methyl sites for hydroxylation is 1. The molecule has 2 fully saturated rings. The van der Waals surface area contributed by atoms with Crippen LogP contribution in [0.4, 0.5) is 0 Å². The molecule has 3 heterocycles. The third-order valence-electron chi connectivity index (χ3n) is 8.61. The van der Waals surface area contributed by atoms with Crippen LogP contribution in [0, 0.1) is 12.8 Å². The minimum atomic E-state index is 0.239. The molecule has 5 heteroatoms. The van der Waals surface area contributed by atoms with Crippen LogP contribution in [0.15, 0.2) is 59.0 Å². The van der Waals surface area contributed by atoms with Crippen molar-refractivity contribution in [1.82, 2.24) is 14.8 Å². The normalized spacial score (nSPS) is 17.8. The molecule has 0 unspecified atom stereocenters. The molecule has 5 rings (SSSR count). The number of rotatable bonds is 11. The van der Waals surface area contributed by atoms with Crippen LogP contribution in [0.1, 0.15) is 80.4 Å². The maximum Gasteiger partial charge on any atom is 0.226 e. The second-order valence-electron chi connectivity index (χ2n) is 11.6. The molecule has 0 spiro atoms. The first kappa shape index (κ1) is 27.8. The Balaban J connectivity index is 1.05. The van der Waals surface area contributed by atoms with Gasteiger partial charge in [-0.25, -0.2) is 4.98 Å². The van der Waals surface area contributed by atoms with E-state index in [4.69, 9.17) is 9.40 Å². The SMILES string of the molecule is Cc1oc(-c2ccc(Cc3ccccc3)cc2)nc1CN1CCC(C(=O)CCCCN2CCCCCC2)CC1. The number of carbonyl (C=O) groups is 1. The average molecular weight is 528 g/mol. The summed E-state index contributed by atoms with van der Waals surface area (Å²) in [4.78, 5) is 22.7. The lowest BCUT2D eigenvalue weighted by molar-refractivity contribution is -0.124. The van der Waals surface area contributed by atoms with Crippen molar-refractivity contribution < 1.29 is 9.21 Å². The molecule has 0 bridgehead atoms. The Hall–Kier alpha value is -2.76. The summed E-state index contributed by atoms with van der Waals surface area (Å²) in [6.07, 6.45) is 11.3. The van der Waals surface area contributed by atoms with Crippen LogP contribution in [-0.4, -0.2) is 53.3 Å². The number of benzene rings is 2. The summed E-state index contributed by atoms with van der Waals surface area (Å²) < 4.78 is 6.07. The van der Waals surface area contributed by atoms with Crippen molar-refractivity contribution in [3.8, 4) is 11.5 Å². The minimum absolute atomic E-state index is 0.239. The van der Waals surface area contributed by atoms with Crippen LogP contribution in [-0.2, 0) is 17.8 Å². The number of hydrogen-bond donors (Lipinski definition) is 0. The van der Waals surface area contributed by atoms with Gasteiger partial charge >= 0.3 is 0 Å². The van der Waals surface area contributed by atoms with Gasteiger partial charge in [0.05, 0.1) is 5.69 Å². The smallest absolute Gasteiger partial charge is 0.226 e. The second-order valence-corrected chi connectivity index (χ2v) is 11.6. The molecule has 0 atom stereocenters. The van der Waals surface area contributed by atoms with Gasteiger partial charge < -0.3 is 9.32 Å². The summed E-state index contributed by atoms with van der Waals surface area (Å²) in [5.74, 6) is 2.31. The topological polar surface area (TPSA) is 49.6 Å². The maximum absolute atomic E-state index is 12.9. The number of nitrogens with zero attached hydrogens (tertiary/aromatic N) is 3. The van der Waals surface area contributed by atoms with E-state index in [1.165, 1.54) is 56.4 Å². The predicted molar refractivity (Wildman–Crippen MR) is 158 cm³/mol. The number of aromatic nitrogens is 1. The molecular formula is C34H45N3O2. The highest BCUT2D eigenvalue weighted by atomic mass is 16.4. The van der Waals surface area contributed by atoms with E-state index in [1.54, 1.807) is 0 Å². The molecule has 2 aliphatic heterocycles. The summed E-state index contributed by atoms with van der Waals surface area (Å²) in [5, 5.41) is 0.